The van der Waals surface area contributed by atoms with Crippen molar-refractivity contribution in [1.82, 2.24) is 19.8 Å². The van der Waals surface area contributed by atoms with Crippen molar-refractivity contribution in [1.29, 1.82) is 0 Å². The van der Waals surface area contributed by atoms with E-state index in [2.05, 4.69) is 24.3 Å². The van der Waals surface area contributed by atoms with Crippen molar-refractivity contribution in [2.45, 2.75) is 20.5 Å². The molecule has 0 unspecified atom stereocenters. The largest absolute Gasteiger partial charge is 0.489 e. The first kappa shape index (κ1) is 25.1. The van der Waals surface area contributed by atoms with E-state index in [9.17, 15) is 13.2 Å². The van der Waals surface area contributed by atoms with Crippen LogP contribution in [-0.2, 0) is 23.7 Å². The average Bonchev–Trinajstić information content (AvgIpc) is 3.19. The van der Waals surface area contributed by atoms with E-state index < -0.39 is 15.9 Å². The highest BCUT2D eigenvalue weighted by molar-refractivity contribution is 7.89. The third-order valence-corrected chi connectivity index (χ3v) is 4.93. The number of rotatable bonds is 8. The topological polar surface area (TPSA) is 102 Å². The molecule has 1 heterocycles. The summed E-state index contributed by atoms with van der Waals surface area (Å²) < 4.78 is 31.7. The number of carbonyl (C=O) groups is 1. The van der Waals surface area contributed by atoms with E-state index in [4.69, 9.17) is 4.74 Å². The average molecular weight is 459 g/mol. The summed E-state index contributed by atoms with van der Waals surface area (Å²) in [6.45, 7) is 6.72. The first-order valence-electron chi connectivity index (χ1n) is 10.3. The molecule has 9 heteroatoms. The van der Waals surface area contributed by atoms with Crippen molar-refractivity contribution in [3.63, 3.8) is 0 Å². The first-order chi connectivity index (χ1) is 15.2. The van der Waals surface area contributed by atoms with E-state index in [0.717, 1.165) is 41.9 Å². The summed E-state index contributed by atoms with van der Waals surface area (Å²) in [4.78, 5) is 11.8. The van der Waals surface area contributed by atoms with Gasteiger partial charge in [-0.1, -0.05) is 26.0 Å². The van der Waals surface area contributed by atoms with Crippen LogP contribution in [0.3, 0.4) is 0 Å². The van der Waals surface area contributed by atoms with Gasteiger partial charge >= 0.3 is 0 Å². The zero-order chi connectivity index (χ0) is 23.6. The van der Waals surface area contributed by atoms with Crippen LogP contribution in [0.1, 0.15) is 29.8 Å². The van der Waals surface area contributed by atoms with Gasteiger partial charge in [0.25, 0.3) is 5.91 Å². The number of aryl methyl sites for hydroxylation is 1. The van der Waals surface area contributed by atoms with E-state index >= 15 is 0 Å². The van der Waals surface area contributed by atoms with Crippen molar-refractivity contribution in [3.05, 3.63) is 71.9 Å². The Morgan fingerprint density at radius 2 is 1.62 bits per heavy atom. The van der Waals surface area contributed by atoms with Crippen molar-refractivity contribution in [2.24, 2.45) is 7.05 Å². The number of benzene rings is 2. The fraction of sp³-hybridized carbons (Fsp3) is 0.304. The minimum absolute atomic E-state index is 0.268. The monoisotopic (exact) mass is 458 g/mol. The lowest BCUT2D eigenvalue weighted by molar-refractivity contribution is 0.0981. The van der Waals surface area contributed by atoms with Gasteiger partial charge in [-0.05, 0) is 61.1 Å². The predicted octanol–water partition coefficient (Wildman–Crippen LogP) is 2.97. The number of hydrogen-bond acceptors (Lipinski definition) is 6. The van der Waals surface area contributed by atoms with Gasteiger partial charge in [0.2, 0.25) is 10.0 Å². The molecule has 0 fully saturated rings. The lowest BCUT2D eigenvalue weighted by atomic mass is 10.1. The summed E-state index contributed by atoms with van der Waals surface area (Å²) in [7, 11) is -1.69. The Labute approximate surface area is 189 Å². The first-order valence-corrected chi connectivity index (χ1v) is 12.2. The second-order valence-corrected chi connectivity index (χ2v) is 8.76. The molecule has 0 radical (unpaired) electrons. The number of nitrogens with one attached hydrogen (secondary N) is 2. The Bertz CT molecular complexity index is 1090. The molecule has 172 valence electrons. The Kier molecular flexibility index (Phi) is 9.42. The molecule has 0 atom stereocenters. The fourth-order valence-electron chi connectivity index (χ4n) is 2.78. The Morgan fingerprint density at radius 1 is 1.00 bits per heavy atom. The highest BCUT2D eigenvalue weighted by Gasteiger charge is 2.10. The van der Waals surface area contributed by atoms with Gasteiger partial charge in [-0.15, -0.1) is 0 Å². The van der Waals surface area contributed by atoms with Gasteiger partial charge in [0, 0.05) is 24.4 Å². The summed E-state index contributed by atoms with van der Waals surface area (Å²) in [5.74, 6) is 0.0653. The molecule has 1 aromatic heterocycles. The highest BCUT2D eigenvalue weighted by atomic mass is 32.2. The van der Waals surface area contributed by atoms with Gasteiger partial charge in [0.15, 0.2) is 0 Å². The molecule has 3 rings (SSSR count). The molecule has 2 aromatic carbocycles. The lowest BCUT2D eigenvalue weighted by Gasteiger charge is -2.08. The number of amides is 1. The van der Waals surface area contributed by atoms with Crippen LogP contribution in [0.25, 0.3) is 11.3 Å². The molecular weight excluding hydrogens is 428 g/mol. The van der Waals surface area contributed by atoms with Gasteiger partial charge < -0.3 is 10.1 Å². The summed E-state index contributed by atoms with van der Waals surface area (Å²) in [5, 5.41) is 7.27. The van der Waals surface area contributed by atoms with E-state index in [1.165, 1.54) is 0 Å². The molecule has 1 amide bonds. The zero-order valence-electron chi connectivity index (χ0n) is 18.8. The molecule has 8 nitrogen and oxygen atoms in total. The van der Waals surface area contributed by atoms with Crippen molar-refractivity contribution in [2.75, 3.05) is 19.3 Å². The Hall–Kier alpha value is -3.17. The third kappa shape index (κ3) is 8.16. The minimum atomic E-state index is -3.58. The smallest absolute Gasteiger partial charge is 0.264 e. The van der Waals surface area contributed by atoms with Crippen LogP contribution >= 0.6 is 0 Å². The molecule has 0 aliphatic carbocycles. The number of sulfonamides is 1. The van der Waals surface area contributed by atoms with Crippen LogP contribution in [0.2, 0.25) is 0 Å². The third-order valence-electron chi connectivity index (χ3n) is 4.37. The fourth-order valence-corrected chi connectivity index (χ4v) is 3.23. The van der Waals surface area contributed by atoms with Crippen LogP contribution in [0.15, 0.2) is 60.8 Å². The van der Waals surface area contributed by atoms with Crippen LogP contribution in [-0.4, -0.2) is 43.5 Å². The maximum Gasteiger partial charge on any atom is 0.264 e. The minimum Gasteiger partial charge on any atom is -0.489 e. The highest BCUT2D eigenvalue weighted by Crippen LogP contribution is 2.22. The quantitative estimate of drug-likeness (QED) is 0.538. The van der Waals surface area contributed by atoms with Crippen molar-refractivity contribution >= 4 is 15.9 Å². The Morgan fingerprint density at radius 3 is 2.09 bits per heavy atom. The second kappa shape index (κ2) is 12.0. The molecule has 0 spiro atoms. The zero-order valence-corrected chi connectivity index (χ0v) is 19.6. The van der Waals surface area contributed by atoms with Gasteiger partial charge in [-0.2, -0.15) is 5.10 Å². The summed E-state index contributed by atoms with van der Waals surface area (Å²) >= 11 is 0. The second-order valence-electron chi connectivity index (χ2n) is 7.01. The molecule has 32 heavy (non-hydrogen) atoms. The molecule has 2 N–H and O–H groups in total. The van der Waals surface area contributed by atoms with Gasteiger partial charge in [-0.25, -0.2) is 13.1 Å². The maximum atomic E-state index is 11.8. The van der Waals surface area contributed by atoms with Crippen LogP contribution in [0.5, 0.6) is 5.75 Å². The van der Waals surface area contributed by atoms with Crippen LogP contribution < -0.4 is 14.8 Å². The summed E-state index contributed by atoms with van der Waals surface area (Å²) in [6, 6.07) is 16.2. The van der Waals surface area contributed by atoms with E-state index in [1.807, 2.05) is 42.1 Å². The van der Waals surface area contributed by atoms with Gasteiger partial charge in [-0.3, -0.25) is 9.48 Å². The molecular formula is C23H30N4O4S. The van der Waals surface area contributed by atoms with Crippen molar-refractivity contribution < 1.29 is 17.9 Å². The maximum absolute atomic E-state index is 11.8. The summed E-state index contributed by atoms with van der Waals surface area (Å²) in [5.41, 5.74) is 3.19. The lowest BCUT2D eigenvalue weighted by Crippen LogP contribution is -2.29. The van der Waals surface area contributed by atoms with Crippen LogP contribution in [0.4, 0.5) is 0 Å². The number of carbonyl (C=O) groups excluding carboxylic acids is 1. The van der Waals surface area contributed by atoms with Crippen LogP contribution in [0, 0.1) is 0 Å². The predicted molar refractivity (Wildman–Crippen MR) is 126 cm³/mol. The molecule has 3 aromatic rings. The Balaban J connectivity index is 0.000000654. The van der Waals surface area contributed by atoms with E-state index in [-0.39, 0.29) is 5.56 Å². The summed E-state index contributed by atoms with van der Waals surface area (Å²) in [6.07, 6.45) is 2.69. The van der Waals surface area contributed by atoms with Gasteiger partial charge in [0.1, 0.15) is 12.4 Å². The normalized spacial score (nSPS) is 10.8. The molecule has 0 bridgehead atoms. The molecule has 0 aliphatic rings. The van der Waals surface area contributed by atoms with Crippen molar-refractivity contribution in [3.8, 4) is 17.0 Å². The SMILES string of the molecule is CCNCC.Cn1nccc1-c1ccc(OCc2ccc(C(=O)NS(C)(=O)=O)cc2)cc1. The number of aromatic nitrogens is 2. The number of nitrogens with zero attached hydrogens (tertiary/aromatic N) is 2. The van der Waals surface area contributed by atoms with Gasteiger partial charge in [0.05, 0.1) is 11.9 Å². The molecule has 0 saturated carbocycles. The number of ether oxygens (including phenoxy) is 1. The van der Waals surface area contributed by atoms with E-state index in [1.54, 1.807) is 35.1 Å². The standard InChI is InChI=1S/C19H19N3O4S.C4H11N/c1-22-18(11-12-20-22)15-7-9-17(10-8-15)26-13-14-3-5-16(6-4-14)19(23)21-27(2,24)25;1-3-5-4-2/h3-12H,13H2,1-2H3,(H,21,23);5H,3-4H2,1-2H3. The molecule has 0 aliphatic heterocycles. The molecule has 0 saturated heterocycles. The van der Waals surface area contributed by atoms with E-state index in [0.29, 0.717) is 6.61 Å². The number of hydrogen-bond donors (Lipinski definition) is 2.